The lowest BCUT2D eigenvalue weighted by atomic mass is 9.98. The molecular weight excluding hydrogens is 416 g/mol. The summed E-state index contributed by atoms with van der Waals surface area (Å²) in [5, 5.41) is 2.73. The van der Waals surface area contributed by atoms with E-state index in [0.29, 0.717) is 16.9 Å². The van der Waals surface area contributed by atoms with Crippen molar-refractivity contribution in [3.8, 4) is 11.1 Å². The molecule has 0 heterocycles. The third kappa shape index (κ3) is 4.70. The molecular formula is C27H28N2O4. The number of nitrogen functional groups attached to an aromatic ring is 1. The van der Waals surface area contributed by atoms with Crippen LogP contribution in [0, 0.1) is 6.92 Å². The molecule has 0 atom stereocenters. The molecule has 3 aromatic rings. The minimum Gasteiger partial charge on any atom is -0.456 e. The quantitative estimate of drug-likeness (QED) is 0.387. The van der Waals surface area contributed by atoms with Gasteiger partial charge >= 0.3 is 12.1 Å². The second-order valence-corrected chi connectivity index (χ2v) is 9.19. The van der Waals surface area contributed by atoms with Gasteiger partial charge < -0.3 is 15.2 Å². The van der Waals surface area contributed by atoms with E-state index in [9.17, 15) is 9.59 Å². The lowest BCUT2D eigenvalue weighted by Gasteiger charge is -2.20. The maximum Gasteiger partial charge on any atom is 0.411 e. The first-order chi connectivity index (χ1) is 15.6. The van der Waals surface area contributed by atoms with Crippen LogP contribution in [0.15, 0.2) is 60.7 Å². The number of nitrogens with two attached hydrogens (primary N) is 1. The average Bonchev–Trinajstić information content (AvgIpc) is 3.08. The molecule has 4 rings (SSSR count). The molecule has 3 N–H and O–H groups in total. The first-order valence-electron chi connectivity index (χ1n) is 10.9. The van der Waals surface area contributed by atoms with Gasteiger partial charge in [0.15, 0.2) is 0 Å². The van der Waals surface area contributed by atoms with Gasteiger partial charge in [0.25, 0.3) is 0 Å². The summed E-state index contributed by atoms with van der Waals surface area (Å²) >= 11 is 0. The van der Waals surface area contributed by atoms with E-state index in [1.807, 2.05) is 24.3 Å². The van der Waals surface area contributed by atoms with Crippen LogP contribution in [0.25, 0.3) is 11.1 Å². The Bertz CT molecular complexity index is 1180. The van der Waals surface area contributed by atoms with E-state index in [1.165, 1.54) is 0 Å². The molecule has 1 aliphatic rings. The van der Waals surface area contributed by atoms with Crippen molar-refractivity contribution in [3.63, 3.8) is 0 Å². The van der Waals surface area contributed by atoms with Gasteiger partial charge in [-0.2, -0.15) is 0 Å². The van der Waals surface area contributed by atoms with Crippen LogP contribution in [-0.2, 0) is 9.47 Å². The van der Waals surface area contributed by atoms with Crippen LogP contribution in [0.1, 0.15) is 53.7 Å². The van der Waals surface area contributed by atoms with Crippen LogP contribution >= 0.6 is 0 Å². The molecule has 1 amide bonds. The number of hydrogen-bond donors (Lipinski definition) is 2. The zero-order chi connectivity index (χ0) is 23.8. The van der Waals surface area contributed by atoms with E-state index < -0.39 is 17.7 Å². The molecule has 3 aromatic carbocycles. The van der Waals surface area contributed by atoms with E-state index >= 15 is 0 Å². The highest BCUT2D eigenvalue weighted by molar-refractivity contribution is 5.95. The molecule has 6 nitrogen and oxygen atoms in total. The van der Waals surface area contributed by atoms with Crippen LogP contribution in [-0.4, -0.2) is 24.3 Å². The van der Waals surface area contributed by atoms with Crippen molar-refractivity contribution in [2.75, 3.05) is 17.7 Å². The second kappa shape index (κ2) is 8.62. The summed E-state index contributed by atoms with van der Waals surface area (Å²) in [5.74, 6) is -0.549. The van der Waals surface area contributed by atoms with Crippen molar-refractivity contribution in [1.29, 1.82) is 0 Å². The Hall–Kier alpha value is -3.80. The van der Waals surface area contributed by atoms with Gasteiger partial charge in [-0.25, -0.2) is 9.59 Å². The number of nitrogens with one attached hydrogen (secondary N) is 1. The van der Waals surface area contributed by atoms with Gasteiger partial charge in [-0.15, -0.1) is 0 Å². The number of ether oxygens (including phenoxy) is 2. The van der Waals surface area contributed by atoms with E-state index in [1.54, 1.807) is 39.8 Å². The molecule has 170 valence electrons. The Kier molecular flexibility index (Phi) is 5.85. The Morgan fingerprint density at radius 2 is 1.55 bits per heavy atom. The number of rotatable bonds is 4. The number of esters is 1. The van der Waals surface area contributed by atoms with Gasteiger partial charge in [0.05, 0.1) is 5.56 Å². The van der Waals surface area contributed by atoms with Crippen LogP contribution in [0.5, 0.6) is 0 Å². The van der Waals surface area contributed by atoms with Gasteiger partial charge in [0, 0.05) is 17.3 Å². The summed E-state index contributed by atoms with van der Waals surface area (Å²) in [6.07, 6.45) is -0.610. The number of benzene rings is 3. The van der Waals surface area contributed by atoms with Gasteiger partial charge in [0.2, 0.25) is 0 Å². The maximum atomic E-state index is 12.7. The zero-order valence-electron chi connectivity index (χ0n) is 19.3. The number of amides is 1. The SMILES string of the molecule is Cc1c(N)cc(C(=O)OC(C)(C)C)cc1NC(=O)OCC1c2ccccc2-c2ccccc21. The smallest absolute Gasteiger partial charge is 0.411 e. The van der Waals surface area contributed by atoms with Gasteiger partial charge in [-0.05, 0) is 67.6 Å². The molecule has 0 fully saturated rings. The number of hydrogen-bond acceptors (Lipinski definition) is 5. The fraction of sp³-hybridized carbons (Fsp3) is 0.259. The minimum atomic E-state index is -0.642. The van der Waals surface area contributed by atoms with Crippen molar-refractivity contribution in [3.05, 3.63) is 82.9 Å². The lowest BCUT2D eigenvalue weighted by Crippen LogP contribution is -2.24. The number of carbonyl (C=O) groups is 2. The van der Waals surface area contributed by atoms with Gasteiger partial charge in [0.1, 0.15) is 12.2 Å². The molecule has 0 bridgehead atoms. The molecule has 0 unspecified atom stereocenters. The van der Waals surface area contributed by atoms with Crippen molar-refractivity contribution < 1.29 is 19.1 Å². The summed E-state index contributed by atoms with van der Waals surface area (Å²) in [7, 11) is 0. The number of anilines is 2. The maximum absolute atomic E-state index is 12.7. The normalized spacial score (nSPS) is 12.6. The standard InChI is InChI=1S/C27H28N2O4/c1-16-23(28)13-17(25(30)33-27(2,3)4)14-24(16)29-26(31)32-15-22-20-11-7-5-9-18(20)19-10-6-8-12-21(19)22/h5-14,22H,15,28H2,1-4H3,(H,29,31). The predicted octanol–water partition coefficient (Wildman–Crippen LogP) is 5.89. The number of carbonyl (C=O) groups excluding carboxylic acids is 2. The molecule has 0 aliphatic heterocycles. The molecule has 0 spiro atoms. The Balaban J connectivity index is 1.49. The highest BCUT2D eigenvalue weighted by Crippen LogP contribution is 2.44. The minimum absolute atomic E-state index is 0.0394. The van der Waals surface area contributed by atoms with E-state index in [-0.39, 0.29) is 18.1 Å². The molecule has 0 aromatic heterocycles. The van der Waals surface area contributed by atoms with Crippen molar-refractivity contribution in [2.24, 2.45) is 0 Å². The van der Waals surface area contributed by atoms with Crippen LogP contribution in [0.3, 0.4) is 0 Å². The Morgan fingerprint density at radius 1 is 0.970 bits per heavy atom. The highest BCUT2D eigenvalue weighted by Gasteiger charge is 2.29. The summed E-state index contributed by atoms with van der Waals surface area (Å²) < 4.78 is 11.0. The van der Waals surface area contributed by atoms with E-state index in [2.05, 4.69) is 29.6 Å². The molecule has 6 heteroatoms. The van der Waals surface area contributed by atoms with E-state index in [0.717, 1.165) is 22.3 Å². The predicted molar refractivity (Wildman–Crippen MR) is 129 cm³/mol. The fourth-order valence-electron chi connectivity index (χ4n) is 4.07. The monoisotopic (exact) mass is 444 g/mol. The molecule has 0 radical (unpaired) electrons. The number of fused-ring (bicyclic) bond motifs is 3. The first-order valence-corrected chi connectivity index (χ1v) is 10.9. The average molecular weight is 445 g/mol. The van der Waals surface area contributed by atoms with Crippen LogP contribution in [0.2, 0.25) is 0 Å². The first kappa shape index (κ1) is 22.4. The lowest BCUT2D eigenvalue weighted by molar-refractivity contribution is 0.00695. The zero-order valence-corrected chi connectivity index (χ0v) is 19.3. The summed E-state index contributed by atoms with van der Waals surface area (Å²) in [4.78, 5) is 25.1. The largest absolute Gasteiger partial charge is 0.456 e. The Labute approximate surface area is 193 Å². The molecule has 0 saturated carbocycles. The van der Waals surface area contributed by atoms with Gasteiger partial charge in [-0.1, -0.05) is 48.5 Å². The third-order valence-corrected chi connectivity index (χ3v) is 5.66. The molecule has 0 saturated heterocycles. The third-order valence-electron chi connectivity index (χ3n) is 5.66. The summed E-state index contributed by atoms with van der Waals surface area (Å²) in [6, 6.07) is 19.4. The fourth-order valence-corrected chi connectivity index (χ4v) is 4.07. The molecule has 33 heavy (non-hydrogen) atoms. The summed E-state index contributed by atoms with van der Waals surface area (Å²) in [5.41, 5.74) is 11.7. The summed E-state index contributed by atoms with van der Waals surface area (Å²) in [6.45, 7) is 7.34. The van der Waals surface area contributed by atoms with Crippen molar-refractivity contribution in [1.82, 2.24) is 0 Å². The van der Waals surface area contributed by atoms with Crippen molar-refractivity contribution in [2.45, 2.75) is 39.2 Å². The second-order valence-electron chi connectivity index (χ2n) is 9.19. The van der Waals surface area contributed by atoms with E-state index in [4.69, 9.17) is 15.2 Å². The van der Waals surface area contributed by atoms with Crippen LogP contribution in [0.4, 0.5) is 16.2 Å². The van der Waals surface area contributed by atoms with Crippen LogP contribution < -0.4 is 11.1 Å². The Morgan fingerprint density at radius 3 is 2.12 bits per heavy atom. The van der Waals surface area contributed by atoms with Gasteiger partial charge in [-0.3, -0.25) is 5.32 Å². The van der Waals surface area contributed by atoms with Crippen molar-refractivity contribution >= 4 is 23.4 Å². The molecule has 1 aliphatic carbocycles. The highest BCUT2D eigenvalue weighted by atomic mass is 16.6. The topological polar surface area (TPSA) is 90.7 Å².